The third-order valence-corrected chi connectivity index (χ3v) is 7.09. The first kappa shape index (κ1) is 21.6. The first-order chi connectivity index (χ1) is 15.9. The smallest absolute Gasteiger partial charge is 0.270 e. The Morgan fingerprint density at radius 2 is 1.91 bits per heavy atom. The van der Waals surface area contributed by atoms with E-state index in [-0.39, 0.29) is 11.9 Å². The summed E-state index contributed by atoms with van der Waals surface area (Å²) in [7, 11) is 4.02. The van der Waals surface area contributed by atoms with Crippen LogP contribution in [0.15, 0.2) is 30.6 Å². The van der Waals surface area contributed by atoms with E-state index >= 15 is 0 Å². The summed E-state index contributed by atoms with van der Waals surface area (Å²) in [5.74, 6) is 1.64. The summed E-state index contributed by atoms with van der Waals surface area (Å²) in [4.78, 5) is 33.2. The Morgan fingerprint density at radius 1 is 1.12 bits per heavy atom. The Morgan fingerprint density at radius 3 is 2.61 bits per heavy atom. The molecule has 33 heavy (non-hydrogen) atoms. The molecule has 2 aliphatic rings. The second-order valence-corrected chi connectivity index (χ2v) is 9.33. The molecule has 9 nitrogen and oxygen atoms in total. The Balaban J connectivity index is 1.41. The number of anilines is 3. The zero-order valence-electron chi connectivity index (χ0n) is 19.8. The minimum atomic E-state index is 0.0308. The normalized spacial score (nSPS) is 20.2. The Hall–Kier alpha value is -3.20. The number of rotatable bonds is 5. The summed E-state index contributed by atoms with van der Waals surface area (Å²) >= 11 is 0. The highest BCUT2D eigenvalue weighted by molar-refractivity contribution is 5.98. The molecular formula is C24H32N8O. The van der Waals surface area contributed by atoms with Gasteiger partial charge in [0, 0.05) is 51.4 Å². The van der Waals surface area contributed by atoms with Crippen molar-refractivity contribution in [2.75, 3.05) is 57.0 Å². The maximum Gasteiger partial charge on any atom is 0.270 e. The van der Waals surface area contributed by atoms with E-state index in [2.05, 4.69) is 56.6 Å². The van der Waals surface area contributed by atoms with Crippen molar-refractivity contribution in [1.29, 1.82) is 0 Å². The lowest BCUT2D eigenvalue weighted by molar-refractivity contribution is 0.0692. The van der Waals surface area contributed by atoms with Crippen LogP contribution >= 0.6 is 0 Å². The fourth-order valence-corrected chi connectivity index (χ4v) is 4.74. The highest BCUT2D eigenvalue weighted by Gasteiger charge is 2.34. The monoisotopic (exact) mass is 448 g/mol. The zero-order valence-corrected chi connectivity index (χ0v) is 19.8. The van der Waals surface area contributed by atoms with Crippen LogP contribution < -0.4 is 10.2 Å². The molecule has 1 N–H and O–H groups in total. The number of nitrogens with one attached hydrogen (secondary N) is 1. The van der Waals surface area contributed by atoms with Crippen molar-refractivity contribution in [3.8, 4) is 0 Å². The van der Waals surface area contributed by atoms with Gasteiger partial charge in [-0.1, -0.05) is 20.3 Å². The summed E-state index contributed by atoms with van der Waals surface area (Å²) in [5.41, 5.74) is 2.61. The van der Waals surface area contributed by atoms with Gasteiger partial charge in [-0.05, 0) is 31.2 Å². The molecule has 2 atom stereocenters. The van der Waals surface area contributed by atoms with Crippen LogP contribution in [0.4, 0.5) is 17.5 Å². The Bertz CT molecular complexity index is 1150. The number of piperazine rings is 1. The zero-order chi connectivity index (χ0) is 23.1. The molecule has 3 aromatic heterocycles. The van der Waals surface area contributed by atoms with E-state index in [1.54, 1.807) is 6.20 Å². The number of carbonyl (C=O) groups is 1. The predicted molar refractivity (Wildman–Crippen MR) is 130 cm³/mol. The highest BCUT2D eigenvalue weighted by Crippen LogP contribution is 2.33. The SMILES string of the molecule is CC[C@H](C)C1CN(C)C(=O)c2cc3cnc(Nc4ccc(N5CCN(C)CC5)cn4)nc3n21. The van der Waals surface area contributed by atoms with Crippen molar-refractivity contribution < 1.29 is 4.79 Å². The molecule has 2 aliphatic heterocycles. The molecule has 5 rings (SSSR count). The van der Waals surface area contributed by atoms with Crippen LogP contribution in [0.3, 0.4) is 0 Å². The van der Waals surface area contributed by atoms with Crippen molar-refractivity contribution in [1.82, 2.24) is 29.3 Å². The molecule has 0 aliphatic carbocycles. The molecule has 5 heterocycles. The van der Waals surface area contributed by atoms with Gasteiger partial charge in [0.05, 0.1) is 17.9 Å². The van der Waals surface area contributed by atoms with Gasteiger partial charge in [0.15, 0.2) is 0 Å². The highest BCUT2D eigenvalue weighted by atomic mass is 16.2. The lowest BCUT2D eigenvalue weighted by Gasteiger charge is -2.35. The number of likely N-dealkylation sites (N-methyl/N-ethyl adjacent to an activating group) is 2. The van der Waals surface area contributed by atoms with Gasteiger partial charge in [0.2, 0.25) is 5.95 Å². The summed E-state index contributed by atoms with van der Waals surface area (Å²) in [6.45, 7) is 9.25. The number of aromatic nitrogens is 4. The van der Waals surface area contributed by atoms with Gasteiger partial charge in [-0.15, -0.1) is 0 Å². The number of fused-ring (bicyclic) bond motifs is 3. The van der Waals surface area contributed by atoms with Gasteiger partial charge in [0.25, 0.3) is 5.91 Å². The fourth-order valence-electron chi connectivity index (χ4n) is 4.74. The lowest BCUT2D eigenvalue weighted by atomic mass is 9.96. The number of hydrogen-bond acceptors (Lipinski definition) is 7. The summed E-state index contributed by atoms with van der Waals surface area (Å²) < 4.78 is 2.11. The second kappa shape index (κ2) is 8.62. The minimum absolute atomic E-state index is 0.0308. The van der Waals surface area contributed by atoms with Crippen molar-refractivity contribution in [2.45, 2.75) is 26.3 Å². The quantitative estimate of drug-likeness (QED) is 0.642. The third-order valence-electron chi connectivity index (χ3n) is 7.09. The van der Waals surface area contributed by atoms with Gasteiger partial charge in [-0.2, -0.15) is 4.98 Å². The van der Waals surface area contributed by atoms with E-state index in [9.17, 15) is 4.79 Å². The van der Waals surface area contributed by atoms with Crippen LogP contribution in [-0.2, 0) is 0 Å². The second-order valence-electron chi connectivity index (χ2n) is 9.33. The molecule has 0 spiro atoms. The Labute approximate surface area is 194 Å². The van der Waals surface area contributed by atoms with Gasteiger partial charge in [-0.3, -0.25) is 4.79 Å². The van der Waals surface area contributed by atoms with Crippen LogP contribution in [0.2, 0.25) is 0 Å². The van der Waals surface area contributed by atoms with Crippen LogP contribution in [0, 0.1) is 5.92 Å². The predicted octanol–water partition coefficient (Wildman–Crippen LogP) is 2.99. The number of hydrogen-bond donors (Lipinski definition) is 1. The molecular weight excluding hydrogens is 416 g/mol. The van der Waals surface area contributed by atoms with Crippen LogP contribution in [0.25, 0.3) is 11.0 Å². The summed E-state index contributed by atoms with van der Waals surface area (Å²) in [6, 6.07) is 6.16. The van der Waals surface area contributed by atoms with E-state index in [1.807, 2.05) is 30.3 Å². The maximum absolute atomic E-state index is 12.8. The third kappa shape index (κ3) is 4.01. The lowest BCUT2D eigenvalue weighted by Crippen LogP contribution is -2.44. The molecule has 3 aromatic rings. The average Bonchev–Trinajstić information content (AvgIpc) is 3.21. The van der Waals surface area contributed by atoms with Crippen molar-refractivity contribution >= 4 is 34.4 Å². The Kier molecular flexibility index (Phi) is 5.65. The average molecular weight is 449 g/mol. The topological polar surface area (TPSA) is 82.4 Å². The van der Waals surface area contributed by atoms with Gasteiger partial charge in [0.1, 0.15) is 17.2 Å². The number of pyridine rings is 1. The first-order valence-electron chi connectivity index (χ1n) is 11.7. The van der Waals surface area contributed by atoms with E-state index in [4.69, 9.17) is 4.98 Å². The molecule has 9 heteroatoms. The van der Waals surface area contributed by atoms with E-state index in [0.29, 0.717) is 29.9 Å². The maximum atomic E-state index is 12.8. The van der Waals surface area contributed by atoms with E-state index < -0.39 is 0 Å². The van der Waals surface area contributed by atoms with Crippen molar-refractivity contribution in [2.24, 2.45) is 5.92 Å². The summed E-state index contributed by atoms with van der Waals surface area (Å²) in [6.07, 6.45) is 4.72. The van der Waals surface area contributed by atoms with Crippen LogP contribution in [-0.4, -0.2) is 82.0 Å². The van der Waals surface area contributed by atoms with E-state index in [0.717, 1.165) is 49.3 Å². The molecule has 0 aromatic carbocycles. The van der Waals surface area contributed by atoms with Crippen LogP contribution in [0.5, 0.6) is 0 Å². The molecule has 1 unspecified atom stereocenters. The number of carbonyl (C=O) groups excluding carboxylic acids is 1. The number of nitrogens with zero attached hydrogens (tertiary/aromatic N) is 7. The van der Waals surface area contributed by atoms with Crippen LogP contribution in [0.1, 0.15) is 36.8 Å². The fraction of sp³-hybridized carbons (Fsp3) is 0.500. The van der Waals surface area contributed by atoms with Gasteiger partial charge < -0.3 is 24.6 Å². The van der Waals surface area contributed by atoms with Gasteiger partial charge >= 0.3 is 0 Å². The largest absolute Gasteiger partial charge is 0.368 e. The summed E-state index contributed by atoms with van der Waals surface area (Å²) in [5, 5.41) is 4.12. The standard InChI is InChI=1S/C24H32N8O/c1-5-16(2)20-15-30(4)23(33)19-12-17-13-26-24(28-22(17)32(19)20)27-21-7-6-18(14-25-21)31-10-8-29(3)9-11-31/h6-7,12-14,16,20H,5,8-11,15H2,1-4H3,(H,25,26,27,28)/t16-,20?/m0/s1. The van der Waals surface area contributed by atoms with Crippen molar-refractivity contribution in [3.63, 3.8) is 0 Å². The molecule has 1 amide bonds. The molecule has 0 bridgehead atoms. The minimum Gasteiger partial charge on any atom is -0.368 e. The number of amides is 1. The molecule has 174 valence electrons. The molecule has 0 saturated carbocycles. The molecule has 1 saturated heterocycles. The molecule has 1 fully saturated rings. The first-order valence-corrected chi connectivity index (χ1v) is 11.7. The molecule has 0 radical (unpaired) electrons. The van der Waals surface area contributed by atoms with Gasteiger partial charge in [-0.25, -0.2) is 9.97 Å². The van der Waals surface area contributed by atoms with E-state index in [1.165, 1.54) is 0 Å². The van der Waals surface area contributed by atoms with Crippen molar-refractivity contribution in [3.05, 3.63) is 36.3 Å².